The molecule has 0 aliphatic heterocycles. The fraction of sp³-hybridized carbons (Fsp3) is 0.0833. The zero-order chi connectivity index (χ0) is 12.4. The molecule has 2 nitrogen and oxygen atoms in total. The van der Waals surface area contributed by atoms with Crippen LogP contribution in [0.25, 0.3) is 11.3 Å². The predicted octanol–water partition coefficient (Wildman–Crippen LogP) is 4.20. The smallest absolute Gasteiger partial charge is 0.175 e. The van der Waals surface area contributed by atoms with Crippen molar-refractivity contribution < 1.29 is 9.13 Å². The Hall–Kier alpha value is -1.32. The van der Waals surface area contributed by atoms with Gasteiger partial charge in [0.2, 0.25) is 0 Å². The van der Waals surface area contributed by atoms with Gasteiger partial charge in [0.25, 0.3) is 0 Å². The molecule has 0 fully saturated rings. The van der Waals surface area contributed by atoms with Gasteiger partial charge in [-0.25, -0.2) is 4.39 Å². The van der Waals surface area contributed by atoms with Gasteiger partial charge in [-0.05, 0) is 24.3 Å². The number of hydrogen-bond acceptors (Lipinski definition) is 2. The average molecular weight is 272 g/mol. The highest BCUT2D eigenvalue weighted by atomic mass is 35.5. The van der Waals surface area contributed by atoms with Gasteiger partial charge in [-0.15, -0.1) is 0 Å². The maximum absolute atomic E-state index is 14.0. The molecule has 0 bridgehead atoms. The van der Waals surface area contributed by atoms with Crippen LogP contribution in [0.4, 0.5) is 4.39 Å². The van der Waals surface area contributed by atoms with E-state index in [1.165, 1.54) is 13.3 Å². The molecule has 0 saturated carbocycles. The van der Waals surface area contributed by atoms with Gasteiger partial charge in [-0.1, -0.05) is 23.2 Å². The van der Waals surface area contributed by atoms with E-state index < -0.39 is 5.82 Å². The molecule has 5 heteroatoms. The zero-order valence-electron chi connectivity index (χ0n) is 8.88. The first kappa shape index (κ1) is 12.1. The largest absolute Gasteiger partial charge is 0.492 e. The maximum Gasteiger partial charge on any atom is 0.175 e. The Labute approximate surface area is 108 Å². The maximum atomic E-state index is 14.0. The van der Waals surface area contributed by atoms with Crippen molar-refractivity contribution in [1.29, 1.82) is 0 Å². The second kappa shape index (κ2) is 4.90. The van der Waals surface area contributed by atoms with Crippen LogP contribution in [-0.4, -0.2) is 12.1 Å². The van der Waals surface area contributed by atoms with Crippen LogP contribution in [0.15, 0.2) is 30.5 Å². The molecule has 0 amide bonds. The molecule has 88 valence electrons. The van der Waals surface area contributed by atoms with Crippen LogP contribution in [0.2, 0.25) is 10.0 Å². The summed E-state index contributed by atoms with van der Waals surface area (Å²) in [4.78, 5) is 4.04. The number of halogens is 3. The standard InChI is InChI=1S/C12H8Cl2FNO/c1-17-12-9(14)4-3-8(11(12)15)10-5-2-7(13)6-16-10/h2-6H,1H3. The molecule has 0 atom stereocenters. The SMILES string of the molecule is COc1c(Cl)ccc(-c2ccc(Cl)cn2)c1F. The summed E-state index contributed by atoms with van der Waals surface area (Å²) in [5.74, 6) is -0.518. The Morgan fingerprint density at radius 1 is 1.18 bits per heavy atom. The van der Waals surface area contributed by atoms with Crippen molar-refractivity contribution in [3.05, 3.63) is 46.3 Å². The minimum absolute atomic E-state index is 0.0147. The fourth-order valence-corrected chi connectivity index (χ4v) is 1.79. The minimum atomic E-state index is -0.533. The molecule has 17 heavy (non-hydrogen) atoms. The van der Waals surface area contributed by atoms with E-state index in [-0.39, 0.29) is 10.8 Å². The third kappa shape index (κ3) is 2.35. The Morgan fingerprint density at radius 3 is 2.53 bits per heavy atom. The molecule has 0 spiro atoms. The molecule has 0 aliphatic carbocycles. The van der Waals surface area contributed by atoms with E-state index in [2.05, 4.69) is 4.98 Å². The molecule has 1 aromatic carbocycles. The highest BCUT2D eigenvalue weighted by Crippen LogP contribution is 2.34. The average Bonchev–Trinajstić information content (AvgIpc) is 2.31. The molecule has 0 aliphatic rings. The molecule has 2 aromatic rings. The third-order valence-electron chi connectivity index (χ3n) is 2.26. The van der Waals surface area contributed by atoms with Gasteiger partial charge in [0.1, 0.15) is 0 Å². The highest BCUT2D eigenvalue weighted by molar-refractivity contribution is 6.32. The Morgan fingerprint density at radius 2 is 1.94 bits per heavy atom. The first-order valence-electron chi connectivity index (χ1n) is 4.77. The second-order valence-electron chi connectivity index (χ2n) is 3.30. The number of hydrogen-bond donors (Lipinski definition) is 0. The number of nitrogens with zero attached hydrogens (tertiary/aromatic N) is 1. The van der Waals surface area contributed by atoms with Crippen molar-refractivity contribution in [3.8, 4) is 17.0 Å². The summed E-state index contributed by atoms with van der Waals surface area (Å²) in [5.41, 5.74) is 0.796. The zero-order valence-corrected chi connectivity index (χ0v) is 10.4. The van der Waals surface area contributed by atoms with Crippen LogP contribution in [0, 0.1) is 5.82 Å². The summed E-state index contributed by atoms with van der Waals surface area (Å²) in [6.45, 7) is 0. The first-order chi connectivity index (χ1) is 8.13. The van der Waals surface area contributed by atoms with Crippen molar-refractivity contribution >= 4 is 23.2 Å². The Kier molecular flexibility index (Phi) is 3.50. The quantitative estimate of drug-likeness (QED) is 0.817. The summed E-state index contributed by atoms with van der Waals surface area (Å²) in [6.07, 6.45) is 1.46. The summed E-state index contributed by atoms with van der Waals surface area (Å²) >= 11 is 11.5. The first-order valence-corrected chi connectivity index (χ1v) is 5.53. The number of methoxy groups -OCH3 is 1. The van der Waals surface area contributed by atoms with Crippen LogP contribution in [0.3, 0.4) is 0 Å². The normalized spacial score (nSPS) is 10.4. The van der Waals surface area contributed by atoms with Crippen LogP contribution < -0.4 is 4.74 Å². The third-order valence-corrected chi connectivity index (χ3v) is 2.78. The van der Waals surface area contributed by atoms with Crippen LogP contribution in [-0.2, 0) is 0 Å². The van der Waals surface area contributed by atoms with Gasteiger partial charge in [0, 0.05) is 11.8 Å². The van der Waals surface area contributed by atoms with Gasteiger partial charge in [-0.2, -0.15) is 0 Å². The molecule has 0 saturated heterocycles. The van der Waals surface area contributed by atoms with Gasteiger partial charge < -0.3 is 4.74 Å². The predicted molar refractivity (Wildman–Crippen MR) is 66.2 cm³/mol. The van der Waals surface area contributed by atoms with Crippen LogP contribution in [0.5, 0.6) is 5.75 Å². The van der Waals surface area contributed by atoms with E-state index in [0.29, 0.717) is 16.3 Å². The number of aromatic nitrogens is 1. The summed E-state index contributed by atoms with van der Waals surface area (Å²) in [5, 5.41) is 0.720. The molecule has 0 unspecified atom stereocenters. The molecule has 0 radical (unpaired) electrons. The molecule has 1 aromatic heterocycles. The molecular formula is C12H8Cl2FNO. The number of ether oxygens (including phenoxy) is 1. The van der Waals surface area contributed by atoms with Crippen LogP contribution >= 0.6 is 23.2 Å². The van der Waals surface area contributed by atoms with Crippen molar-refractivity contribution in [2.75, 3.05) is 7.11 Å². The van der Waals surface area contributed by atoms with Crippen molar-refractivity contribution in [2.24, 2.45) is 0 Å². The summed E-state index contributed by atoms with van der Waals surface area (Å²) in [7, 11) is 1.36. The number of benzene rings is 1. The van der Waals surface area contributed by atoms with Crippen molar-refractivity contribution in [2.45, 2.75) is 0 Å². The molecular weight excluding hydrogens is 264 g/mol. The van der Waals surface area contributed by atoms with E-state index >= 15 is 0 Å². The van der Waals surface area contributed by atoms with Crippen molar-refractivity contribution in [3.63, 3.8) is 0 Å². The molecule has 1 heterocycles. The Bertz CT molecular complexity index is 543. The highest BCUT2D eigenvalue weighted by Gasteiger charge is 2.14. The molecule has 2 rings (SSSR count). The number of pyridine rings is 1. The summed E-state index contributed by atoms with van der Waals surface area (Å²) < 4.78 is 18.9. The van der Waals surface area contributed by atoms with Gasteiger partial charge in [0.15, 0.2) is 11.6 Å². The lowest BCUT2D eigenvalue weighted by Gasteiger charge is -2.08. The lowest BCUT2D eigenvalue weighted by atomic mass is 10.1. The van der Waals surface area contributed by atoms with Gasteiger partial charge in [0.05, 0.1) is 22.8 Å². The minimum Gasteiger partial charge on any atom is -0.492 e. The lowest BCUT2D eigenvalue weighted by molar-refractivity contribution is 0.387. The van der Waals surface area contributed by atoms with Gasteiger partial charge >= 0.3 is 0 Å². The number of rotatable bonds is 2. The van der Waals surface area contributed by atoms with Crippen LogP contribution in [0.1, 0.15) is 0 Å². The Balaban J connectivity index is 2.56. The van der Waals surface area contributed by atoms with E-state index in [1.54, 1.807) is 24.3 Å². The van der Waals surface area contributed by atoms with Crippen molar-refractivity contribution in [1.82, 2.24) is 4.98 Å². The lowest BCUT2D eigenvalue weighted by Crippen LogP contribution is -1.94. The summed E-state index contributed by atoms with van der Waals surface area (Å²) in [6, 6.07) is 6.39. The van der Waals surface area contributed by atoms with E-state index in [4.69, 9.17) is 27.9 Å². The second-order valence-corrected chi connectivity index (χ2v) is 4.15. The van der Waals surface area contributed by atoms with Gasteiger partial charge in [-0.3, -0.25) is 4.98 Å². The fourth-order valence-electron chi connectivity index (χ4n) is 1.45. The topological polar surface area (TPSA) is 22.1 Å². The van der Waals surface area contributed by atoms with E-state index in [0.717, 1.165) is 0 Å². The van der Waals surface area contributed by atoms with E-state index in [9.17, 15) is 4.39 Å². The van der Waals surface area contributed by atoms with E-state index in [1.807, 2.05) is 0 Å². The molecule has 0 N–H and O–H groups in total. The monoisotopic (exact) mass is 271 g/mol.